The third-order valence-electron chi connectivity index (χ3n) is 2.77. The van der Waals surface area contributed by atoms with Gasteiger partial charge in [-0.05, 0) is 26.5 Å². The molecule has 96 valence electrons. The molecule has 1 aromatic heterocycles. The summed E-state index contributed by atoms with van der Waals surface area (Å²) in [5.41, 5.74) is 2.43. The van der Waals surface area contributed by atoms with Crippen LogP contribution in [0.2, 0.25) is 0 Å². The molecule has 0 aliphatic heterocycles. The van der Waals surface area contributed by atoms with E-state index in [1.54, 1.807) is 0 Å². The van der Waals surface area contributed by atoms with Crippen LogP contribution in [0.4, 0.5) is 6.01 Å². The van der Waals surface area contributed by atoms with Gasteiger partial charge in [-0.15, -0.1) is 5.10 Å². The average molecular weight is 246 g/mol. The van der Waals surface area contributed by atoms with Gasteiger partial charge in [0.25, 0.3) is 0 Å². The van der Waals surface area contributed by atoms with Crippen LogP contribution in [0.1, 0.15) is 30.0 Å². The number of benzene rings is 1. The highest BCUT2D eigenvalue weighted by molar-refractivity contribution is 5.27. The Balaban J connectivity index is 1.96. The van der Waals surface area contributed by atoms with Crippen LogP contribution >= 0.6 is 0 Å². The smallest absolute Gasteiger partial charge is 0.315 e. The van der Waals surface area contributed by atoms with Crippen LogP contribution in [0.3, 0.4) is 0 Å². The highest BCUT2D eigenvalue weighted by Gasteiger charge is 2.11. The van der Waals surface area contributed by atoms with Gasteiger partial charge in [-0.3, -0.25) is 0 Å². The lowest BCUT2D eigenvalue weighted by Crippen LogP contribution is -2.12. The molecule has 1 atom stereocenters. The molecule has 1 aromatic carbocycles. The van der Waals surface area contributed by atoms with Gasteiger partial charge in [0.15, 0.2) is 0 Å². The van der Waals surface area contributed by atoms with Gasteiger partial charge >= 0.3 is 6.01 Å². The van der Waals surface area contributed by atoms with Crippen LogP contribution < -0.4 is 10.6 Å². The number of rotatable bonds is 5. The molecule has 2 aromatic rings. The van der Waals surface area contributed by atoms with E-state index in [9.17, 15) is 0 Å². The van der Waals surface area contributed by atoms with Crippen LogP contribution in [0.25, 0.3) is 0 Å². The monoisotopic (exact) mass is 246 g/mol. The molecule has 5 heteroatoms. The molecular weight excluding hydrogens is 228 g/mol. The van der Waals surface area contributed by atoms with E-state index in [-0.39, 0.29) is 6.04 Å². The molecule has 0 saturated heterocycles. The summed E-state index contributed by atoms with van der Waals surface area (Å²) in [5.74, 6) is 0.587. The highest BCUT2D eigenvalue weighted by Crippen LogP contribution is 2.14. The van der Waals surface area contributed by atoms with E-state index in [0.29, 0.717) is 18.5 Å². The van der Waals surface area contributed by atoms with Gasteiger partial charge in [0, 0.05) is 6.54 Å². The molecule has 0 radical (unpaired) electrons. The number of aryl methyl sites for hydroxylation is 1. The molecule has 5 nitrogen and oxygen atoms in total. The zero-order valence-electron chi connectivity index (χ0n) is 10.9. The van der Waals surface area contributed by atoms with Crippen molar-refractivity contribution in [3.8, 4) is 0 Å². The zero-order chi connectivity index (χ0) is 13.0. The molecule has 1 unspecified atom stereocenters. The molecule has 1 heterocycles. The summed E-state index contributed by atoms with van der Waals surface area (Å²) in [4.78, 5) is 0. The fraction of sp³-hybridized carbons (Fsp3) is 0.385. The van der Waals surface area contributed by atoms with Crippen LogP contribution in [0.5, 0.6) is 0 Å². The van der Waals surface area contributed by atoms with Crippen molar-refractivity contribution in [1.29, 1.82) is 0 Å². The Kier molecular flexibility index (Phi) is 3.94. The van der Waals surface area contributed by atoms with Gasteiger partial charge in [0.1, 0.15) is 0 Å². The Morgan fingerprint density at radius 1 is 1.33 bits per heavy atom. The largest absolute Gasteiger partial charge is 0.406 e. The Bertz CT molecular complexity index is 509. The number of hydrogen-bond acceptors (Lipinski definition) is 5. The van der Waals surface area contributed by atoms with Crippen LogP contribution in [-0.2, 0) is 6.54 Å². The summed E-state index contributed by atoms with van der Waals surface area (Å²) in [5, 5.41) is 14.1. The predicted molar refractivity (Wildman–Crippen MR) is 70.3 cm³/mol. The van der Waals surface area contributed by atoms with Crippen molar-refractivity contribution in [2.24, 2.45) is 0 Å². The van der Waals surface area contributed by atoms with E-state index in [0.717, 1.165) is 0 Å². The topological polar surface area (TPSA) is 63.0 Å². The maximum absolute atomic E-state index is 5.49. The quantitative estimate of drug-likeness (QED) is 0.847. The number of aromatic nitrogens is 2. The minimum absolute atomic E-state index is 0.0621. The first-order chi connectivity index (χ1) is 8.69. The van der Waals surface area contributed by atoms with Crippen molar-refractivity contribution in [2.45, 2.75) is 26.4 Å². The molecule has 0 spiro atoms. The molecular formula is C13H18N4O. The SMILES string of the molecule is CNC(C)c1nnc(NCc2cccc(C)c2)o1. The number of nitrogens with zero attached hydrogens (tertiary/aromatic N) is 2. The lowest BCUT2D eigenvalue weighted by molar-refractivity contribution is 0.441. The second kappa shape index (κ2) is 5.64. The normalized spacial score (nSPS) is 12.4. The Morgan fingerprint density at radius 3 is 2.89 bits per heavy atom. The van der Waals surface area contributed by atoms with E-state index < -0.39 is 0 Å². The summed E-state index contributed by atoms with van der Waals surface area (Å²) < 4.78 is 5.49. The van der Waals surface area contributed by atoms with E-state index in [4.69, 9.17) is 4.42 Å². The van der Waals surface area contributed by atoms with Gasteiger partial charge < -0.3 is 15.1 Å². The van der Waals surface area contributed by atoms with Crippen molar-refractivity contribution in [2.75, 3.05) is 12.4 Å². The summed E-state index contributed by atoms with van der Waals surface area (Å²) in [6, 6.07) is 8.81. The third-order valence-corrected chi connectivity index (χ3v) is 2.77. The molecule has 0 aliphatic carbocycles. The summed E-state index contributed by atoms with van der Waals surface area (Å²) in [6.45, 7) is 4.72. The molecule has 2 rings (SSSR count). The Morgan fingerprint density at radius 2 is 2.17 bits per heavy atom. The average Bonchev–Trinajstić information content (AvgIpc) is 2.84. The van der Waals surface area contributed by atoms with Crippen molar-refractivity contribution >= 4 is 6.01 Å². The molecule has 0 amide bonds. The Hall–Kier alpha value is -1.88. The van der Waals surface area contributed by atoms with Crippen molar-refractivity contribution in [3.63, 3.8) is 0 Å². The first kappa shape index (κ1) is 12.6. The predicted octanol–water partition coefficient (Wildman–Crippen LogP) is 2.27. The number of nitrogens with one attached hydrogen (secondary N) is 2. The number of hydrogen-bond donors (Lipinski definition) is 2. The lowest BCUT2D eigenvalue weighted by atomic mass is 10.1. The van der Waals surface area contributed by atoms with E-state index >= 15 is 0 Å². The van der Waals surface area contributed by atoms with E-state index in [2.05, 4.69) is 46.0 Å². The standard InChI is InChI=1S/C13H18N4O/c1-9-5-4-6-11(7-9)8-15-13-17-16-12(18-13)10(2)14-3/h4-7,10,14H,8H2,1-3H3,(H,15,17). The van der Waals surface area contributed by atoms with Gasteiger partial charge in [0.05, 0.1) is 6.04 Å². The Labute approximate surface area is 107 Å². The minimum Gasteiger partial charge on any atom is -0.406 e. The first-order valence-electron chi connectivity index (χ1n) is 5.99. The summed E-state index contributed by atoms with van der Waals surface area (Å²) in [7, 11) is 1.86. The fourth-order valence-electron chi connectivity index (χ4n) is 1.60. The van der Waals surface area contributed by atoms with Gasteiger partial charge in [-0.1, -0.05) is 34.9 Å². The van der Waals surface area contributed by atoms with E-state index in [1.165, 1.54) is 11.1 Å². The minimum atomic E-state index is 0.0621. The molecule has 2 N–H and O–H groups in total. The first-order valence-corrected chi connectivity index (χ1v) is 5.99. The van der Waals surface area contributed by atoms with Crippen molar-refractivity contribution in [1.82, 2.24) is 15.5 Å². The molecule has 0 fully saturated rings. The summed E-state index contributed by atoms with van der Waals surface area (Å²) in [6.07, 6.45) is 0. The van der Waals surface area contributed by atoms with Crippen LogP contribution in [0, 0.1) is 6.92 Å². The molecule has 0 aliphatic rings. The molecule has 0 saturated carbocycles. The van der Waals surface area contributed by atoms with Crippen LogP contribution in [-0.4, -0.2) is 17.2 Å². The number of anilines is 1. The molecule has 0 bridgehead atoms. The molecule has 18 heavy (non-hydrogen) atoms. The van der Waals surface area contributed by atoms with Gasteiger partial charge in [-0.25, -0.2) is 0 Å². The maximum Gasteiger partial charge on any atom is 0.315 e. The second-order valence-corrected chi connectivity index (χ2v) is 4.30. The van der Waals surface area contributed by atoms with E-state index in [1.807, 2.05) is 20.0 Å². The maximum atomic E-state index is 5.49. The summed E-state index contributed by atoms with van der Waals surface area (Å²) >= 11 is 0. The second-order valence-electron chi connectivity index (χ2n) is 4.30. The lowest BCUT2D eigenvalue weighted by Gasteiger charge is -2.04. The van der Waals surface area contributed by atoms with Crippen molar-refractivity contribution in [3.05, 3.63) is 41.3 Å². The van der Waals surface area contributed by atoms with Crippen molar-refractivity contribution < 1.29 is 4.42 Å². The highest BCUT2D eigenvalue weighted by atomic mass is 16.4. The van der Waals surface area contributed by atoms with Gasteiger partial charge in [-0.2, -0.15) is 0 Å². The fourth-order valence-corrected chi connectivity index (χ4v) is 1.60. The van der Waals surface area contributed by atoms with Crippen LogP contribution in [0.15, 0.2) is 28.7 Å². The zero-order valence-corrected chi connectivity index (χ0v) is 10.9. The van der Waals surface area contributed by atoms with Gasteiger partial charge in [0.2, 0.25) is 5.89 Å². The third kappa shape index (κ3) is 3.07.